The molecule has 0 aliphatic carbocycles. The molecule has 1 aliphatic heterocycles. The van der Waals surface area contributed by atoms with Crippen LogP contribution in [0.4, 0.5) is 0 Å². The Bertz CT molecular complexity index is 488. The summed E-state index contributed by atoms with van der Waals surface area (Å²) in [6.07, 6.45) is 5.10. The van der Waals surface area contributed by atoms with Crippen molar-refractivity contribution in [3.8, 4) is 0 Å². The predicted octanol–water partition coefficient (Wildman–Crippen LogP) is 1.75. The smallest absolute Gasteiger partial charge is 0.138 e. The average Bonchev–Trinajstić information content (AvgIpc) is 2.53. The van der Waals surface area contributed by atoms with Gasteiger partial charge in [0.05, 0.1) is 5.69 Å². The lowest BCUT2D eigenvalue weighted by atomic mass is 9.98. The molecule has 0 aromatic carbocycles. The maximum Gasteiger partial charge on any atom is 0.138 e. The molecule has 4 heteroatoms. The molecule has 3 nitrogen and oxygen atoms in total. The van der Waals surface area contributed by atoms with Crippen LogP contribution in [0.1, 0.15) is 5.69 Å². The van der Waals surface area contributed by atoms with Crippen molar-refractivity contribution in [3.63, 3.8) is 0 Å². The molecule has 1 saturated heterocycles. The van der Waals surface area contributed by atoms with Crippen molar-refractivity contribution in [2.75, 3.05) is 13.1 Å². The van der Waals surface area contributed by atoms with E-state index in [9.17, 15) is 0 Å². The van der Waals surface area contributed by atoms with Gasteiger partial charge in [0.25, 0.3) is 0 Å². The van der Waals surface area contributed by atoms with Crippen LogP contribution < -0.4 is 5.32 Å². The molecule has 2 aromatic heterocycles. The summed E-state index contributed by atoms with van der Waals surface area (Å²) in [6.45, 7) is 2.24. The molecule has 0 atom stereocenters. The maximum absolute atomic E-state index is 5.91. The highest BCUT2D eigenvalue weighted by molar-refractivity contribution is 6.30. The van der Waals surface area contributed by atoms with Crippen LogP contribution in [0.3, 0.4) is 0 Å². The first kappa shape index (κ1) is 9.19. The van der Waals surface area contributed by atoms with Crippen LogP contribution in [0.15, 0.2) is 24.5 Å². The Morgan fingerprint density at radius 2 is 2.40 bits per heavy atom. The number of imidazole rings is 1. The summed E-state index contributed by atoms with van der Waals surface area (Å²) >= 11 is 5.91. The van der Waals surface area contributed by atoms with E-state index in [0.717, 1.165) is 41.8 Å². The second-order valence-corrected chi connectivity index (χ2v) is 4.51. The quantitative estimate of drug-likeness (QED) is 0.837. The van der Waals surface area contributed by atoms with Crippen molar-refractivity contribution >= 4 is 17.2 Å². The third-order valence-corrected chi connectivity index (χ3v) is 3.07. The van der Waals surface area contributed by atoms with E-state index in [1.54, 1.807) is 0 Å². The zero-order chi connectivity index (χ0) is 10.3. The average molecular weight is 222 g/mol. The Balaban J connectivity index is 1.91. The monoisotopic (exact) mass is 221 g/mol. The SMILES string of the molecule is Clc1ccn2cc(CC3CNC3)nc2c1. The highest BCUT2D eigenvalue weighted by atomic mass is 35.5. The normalized spacial score (nSPS) is 16.9. The molecule has 1 fully saturated rings. The molecule has 0 unspecified atom stereocenters. The van der Waals surface area contributed by atoms with Crippen molar-refractivity contribution < 1.29 is 0 Å². The molecule has 3 heterocycles. The Kier molecular flexibility index (Phi) is 2.15. The highest BCUT2D eigenvalue weighted by Crippen LogP contribution is 2.15. The summed E-state index contributed by atoms with van der Waals surface area (Å²) in [5, 5.41) is 4.01. The third kappa shape index (κ3) is 1.73. The third-order valence-electron chi connectivity index (χ3n) is 2.84. The van der Waals surface area contributed by atoms with Gasteiger partial charge >= 0.3 is 0 Å². The van der Waals surface area contributed by atoms with Gasteiger partial charge in [0.1, 0.15) is 5.65 Å². The first-order valence-electron chi connectivity index (χ1n) is 5.15. The minimum Gasteiger partial charge on any atom is -0.316 e. The van der Waals surface area contributed by atoms with E-state index in [1.807, 2.05) is 22.7 Å². The molecule has 1 N–H and O–H groups in total. The van der Waals surface area contributed by atoms with Crippen LogP contribution in [-0.2, 0) is 6.42 Å². The second-order valence-electron chi connectivity index (χ2n) is 4.07. The largest absolute Gasteiger partial charge is 0.316 e. The summed E-state index contributed by atoms with van der Waals surface area (Å²) < 4.78 is 2.02. The van der Waals surface area contributed by atoms with Gasteiger partial charge in [-0.1, -0.05) is 11.6 Å². The fourth-order valence-electron chi connectivity index (χ4n) is 1.90. The minimum atomic E-state index is 0.741. The fourth-order valence-corrected chi connectivity index (χ4v) is 2.05. The second kappa shape index (κ2) is 3.51. The van der Waals surface area contributed by atoms with Crippen LogP contribution in [0.5, 0.6) is 0 Å². The van der Waals surface area contributed by atoms with Crippen LogP contribution in [0, 0.1) is 5.92 Å². The molecule has 1 aliphatic rings. The molecule has 2 aromatic rings. The standard InChI is InChI=1S/C11H12ClN3/c12-9-1-2-15-7-10(14-11(15)4-9)3-8-5-13-6-8/h1-2,4,7-8,13H,3,5-6H2. The van der Waals surface area contributed by atoms with Crippen LogP contribution >= 0.6 is 11.6 Å². The van der Waals surface area contributed by atoms with Crippen molar-refractivity contribution in [2.24, 2.45) is 5.92 Å². The Morgan fingerprint density at radius 3 is 3.13 bits per heavy atom. The Labute approximate surface area is 93.1 Å². The summed E-state index contributed by atoms with van der Waals surface area (Å²) in [5.41, 5.74) is 2.09. The van der Waals surface area contributed by atoms with E-state index < -0.39 is 0 Å². The summed E-state index contributed by atoms with van der Waals surface area (Å²) in [5.74, 6) is 0.755. The highest BCUT2D eigenvalue weighted by Gasteiger charge is 2.18. The molecule has 15 heavy (non-hydrogen) atoms. The van der Waals surface area contributed by atoms with Gasteiger partial charge in [0.15, 0.2) is 0 Å². The van der Waals surface area contributed by atoms with Gasteiger partial charge in [-0.2, -0.15) is 0 Å². The zero-order valence-electron chi connectivity index (χ0n) is 8.28. The topological polar surface area (TPSA) is 29.3 Å². The van der Waals surface area contributed by atoms with Crippen molar-refractivity contribution in [1.29, 1.82) is 0 Å². The minimum absolute atomic E-state index is 0.741. The van der Waals surface area contributed by atoms with Gasteiger partial charge < -0.3 is 9.72 Å². The van der Waals surface area contributed by atoms with Crippen LogP contribution in [0.2, 0.25) is 5.02 Å². The number of halogens is 1. The molecule has 0 spiro atoms. The number of aromatic nitrogens is 2. The van der Waals surface area contributed by atoms with E-state index in [0.29, 0.717) is 0 Å². The number of hydrogen-bond acceptors (Lipinski definition) is 2. The summed E-state index contributed by atoms with van der Waals surface area (Å²) in [4.78, 5) is 4.55. The molecular weight excluding hydrogens is 210 g/mol. The lowest BCUT2D eigenvalue weighted by Crippen LogP contribution is -2.43. The molecular formula is C11H12ClN3. The zero-order valence-corrected chi connectivity index (χ0v) is 9.04. The first-order chi connectivity index (χ1) is 7.31. The number of rotatable bonds is 2. The van der Waals surface area contributed by atoms with Gasteiger partial charge in [-0.3, -0.25) is 0 Å². The van der Waals surface area contributed by atoms with E-state index in [4.69, 9.17) is 11.6 Å². The molecule has 0 bridgehead atoms. The van der Waals surface area contributed by atoms with E-state index in [-0.39, 0.29) is 0 Å². The number of nitrogens with zero attached hydrogens (tertiary/aromatic N) is 2. The maximum atomic E-state index is 5.91. The van der Waals surface area contributed by atoms with Crippen LogP contribution in [0.25, 0.3) is 5.65 Å². The van der Waals surface area contributed by atoms with Gasteiger partial charge in [0, 0.05) is 17.4 Å². The lowest BCUT2D eigenvalue weighted by molar-refractivity contribution is 0.344. The van der Waals surface area contributed by atoms with E-state index in [1.165, 1.54) is 0 Å². The molecule has 0 saturated carbocycles. The molecule has 0 amide bonds. The summed E-state index contributed by atoms with van der Waals surface area (Å²) in [6, 6.07) is 3.77. The van der Waals surface area contributed by atoms with E-state index >= 15 is 0 Å². The number of pyridine rings is 1. The number of hydrogen-bond donors (Lipinski definition) is 1. The molecule has 3 rings (SSSR count). The van der Waals surface area contributed by atoms with E-state index in [2.05, 4.69) is 16.5 Å². The van der Waals surface area contributed by atoms with Gasteiger partial charge in [-0.05, 0) is 37.6 Å². The molecule has 78 valence electrons. The van der Waals surface area contributed by atoms with Gasteiger partial charge in [-0.15, -0.1) is 0 Å². The fraction of sp³-hybridized carbons (Fsp3) is 0.364. The predicted molar refractivity (Wildman–Crippen MR) is 60.3 cm³/mol. The van der Waals surface area contributed by atoms with Crippen LogP contribution in [-0.4, -0.2) is 22.5 Å². The van der Waals surface area contributed by atoms with Gasteiger partial charge in [0.2, 0.25) is 0 Å². The van der Waals surface area contributed by atoms with Crippen molar-refractivity contribution in [3.05, 3.63) is 35.2 Å². The Morgan fingerprint density at radius 1 is 1.53 bits per heavy atom. The van der Waals surface area contributed by atoms with Crippen molar-refractivity contribution in [2.45, 2.75) is 6.42 Å². The number of fused-ring (bicyclic) bond motifs is 1. The number of nitrogens with one attached hydrogen (secondary N) is 1. The summed E-state index contributed by atoms with van der Waals surface area (Å²) in [7, 11) is 0. The lowest BCUT2D eigenvalue weighted by Gasteiger charge is -2.25. The first-order valence-corrected chi connectivity index (χ1v) is 5.53. The van der Waals surface area contributed by atoms with Gasteiger partial charge in [-0.25, -0.2) is 4.98 Å². The Hall–Kier alpha value is -1.06. The van der Waals surface area contributed by atoms with Crippen molar-refractivity contribution in [1.82, 2.24) is 14.7 Å². The molecule has 0 radical (unpaired) electrons.